The van der Waals surface area contributed by atoms with Crippen LogP contribution in [0.2, 0.25) is 0 Å². The summed E-state index contributed by atoms with van der Waals surface area (Å²) in [5.74, 6) is 1.08. The Morgan fingerprint density at radius 1 is 1.30 bits per heavy atom. The molecule has 2 aromatic heterocycles. The van der Waals surface area contributed by atoms with Crippen molar-refractivity contribution in [1.82, 2.24) is 10.3 Å². The molecule has 4 heteroatoms. The average Bonchev–Trinajstić information content (AvgIpc) is 3.18. The molecule has 1 saturated carbocycles. The zero-order valence-electron chi connectivity index (χ0n) is 11.9. The maximum Gasteiger partial charge on any atom is 0.129 e. The smallest absolute Gasteiger partial charge is 0.129 e. The molecule has 2 heterocycles. The van der Waals surface area contributed by atoms with Crippen molar-refractivity contribution in [3.8, 4) is 0 Å². The van der Waals surface area contributed by atoms with Gasteiger partial charge in [-0.05, 0) is 43.3 Å². The zero-order valence-corrected chi connectivity index (χ0v) is 12.7. The second-order valence-electron chi connectivity index (χ2n) is 5.24. The molecular formula is C16H21N3S. The first kappa shape index (κ1) is 13.6. The fourth-order valence-corrected chi connectivity index (χ4v) is 2.94. The van der Waals surface area contributed by atoms with Gasteiger partial charge in [-0.1, -0.05) is 12.1 Å². The molecule has 0 aliphatic heterocycles. The number of nitrogens with one attached hydrogen (secondary N) is 1. The normalized spacial score (nSPS) is 14.4. The van der Waals surface area contributed by atoms with E-state index < -0.39 is 0 Å². The third-order valence-electron chi connectivity index (χ3n) is 3.57. The molecule has 0 unspecified atom stereocenters. The van der Waals surface area contributed by atoms with Gasteiger partial charge in [0.05, 0.1) is 12.2 Å². The highest BCUT2D eigenvalue weighted by atomic mass is 32.1. The molecule has 3 rings (SSSR count). The van der Waals surface area contributed by atoms with Gasteiger partial charge in [0.2, 0.25) is 0 Å². The Labute approximate surface area is 124 Å². The van der Waals surface area contributed by atoms with Crippen LogP contribution in [0, 0.1) is 0 Å². The molecule has 106 valence electrons. The van der Waals surface area contributed by atoms with Gasteiger partial charge >= 0.3 is 0 Å². The van der Waals surface area contributed by atoms with Crippen molar-refractivity contribution in [2.75, 3.05) is 11.4 Å². The molecule has 0 spiro atoms. The standard InChI is InChI=1S/C16H21N3S/c1-2-19(12-15-6-4-10-20-15)16-7-3-5-14(18-16)11-17-13-8-9-13/h3-7,10,13,17H,2,8-9,11-12H2,1H3. The van der Waals surface area contributed by atoms with Crippen molar-refractivity contribution in [2.24, 2.45) is 0 Å². The Morgan fingerprint density at radius 2 is 2.20 bits per heavy atom. The van der Waals surface area contributed by atoms with Crippen LogP contribution >= 0.6 is 11.3 Å². The van der Waals surface area contributed by atoms with Gasteiger partial charge < -0.3 is 10.2 Å². The molecule has 3 nitrogen and oxygen atoms in total. The van der Waals surface area contributed by atoms with Crippen molar-refractivity contribution in [2.45, 2.75) is 38.9 Å². The molecule has 0 bridgehead atoms. The molecule has 1 N–H and O–H groups in total. The predicted molar refractivity (Wildman–Crippen MR) is 85.1 cm³/mol. The third-order valence-corrected chi connectivity index (χ3v) is 4.43. The average molecular weight is 287 g/mol. The first-order valence-corrected chi connectivity index (χ1v) is 8.20. The van der Waals surface area contributed by atoms with Crippen LogP contribution in [0.15, 0.2) is 35.7 Å². The summed E-state index contributed by atoms with van der Waals surface area (Å²) >= 11 is 1.81. The van der Waals surface area contributed by atoms with E-state index in [2.05, 4.69) is 52.9 Å². The molecular weight excluding hydrogens is 266 g/mol. The van der Waals surface area contributed by atoms with Gasteiger partial charge in [-0.3, -0.25) is 0 Å². The lowest BCUT2D eigenvalue weighted by Crippen LogP contribution is -2.23. The van der Waals surface area contributed by atoms with Crippen LogP contribution in [0.25, 0.3) is 0 Å². The van der Waals surface area contributed by atoms with Crippen molar-refractivity contribution < 1.29 is 0 Å². The Balaban J connectivity index is 1.67. The second-order valence-corrected chi connectivity index (χ2v) is 6.27. The second kappa shape index (κ2) is 6.37. The summed E-state index contributed by atoms with van der Waals surface area (Å²) in [7, 11) is 0. The first-order valence-electron chi connectivity index (χ1n) is 7.32. The molecule has 1 aliphatic rings. The van der Waals surface area contributed by atoms with E-state index in [4.69, 9.17) is 4.98 Å². The maximum atomic E-state index is 4.79. The Hall–Kier alpha value is -1.39. The van der Waals surface area contributed by atoms with E-state index in [0.29, 0.717) is 0 Å². The van der Waals surface area contributed by atoms with Crippen LogP contribution in [-0.2, 0) is 13.1 Å². The summed E-state index contributed by atoms with van der Waals surface area (Å²) in [4.78, 5) is 8.50. The highest BCUT2D eigenvalue weighted by Gasteiger charge is 2.20. The lowest BCUT2D eigenvalue weighted by Gasteiger charge is -2.21. The summed E-state index contributed by atoms with van der Waals surface area (Å²) in [6.07, 6.45) is 2.64. The van der Waals surface area contributed by atoms with Crippen molar-refractivity contribution in [3.05, 3.63) is 46.3 Å². The van der Waals surface area contributed by atoms with Crippen molar-refractivity contribution >= 4 is 17.2 Å². The van der Waals surface area contributed by atoms with Crippen LogP contribution in [0.5, 0.6) is 0 Å². The van der Waals surface area contributed by atoms with Gasteiger partial charge in [-0.15, -0.1) is 11.3 Å². The van der Waals surface area contributed by atoms with E-state index in [1.54, 1.807) is 11.3 Å². The summed E-state index contributed by atoms with van der Waals surface area (Å²) in [5.41, 5.74) is 1.14. The fourth-order valence-electron chi connectivity index (χ4n) is 2.22. The minimum atomic E-state index is 0.730. The fraction of sp³-hybridized carbons (Fsp3) is 0.438. The van der Waals surface area contributed by atoms with Gasteiger partial charge in [0, 0.05) is 24.0 Å². The molecule has 0 radical (unpaired) electrons. The zero-order chi connectivity index (χ0) is 13.8. The topological polar surface area (TPSA) is 28.2 Å². The van der Waals surface area contributed by atoms with E-state index in [9.17, 15) is 0 Å². The van der Waals surface area contributed by atoms with E-state index in [-0.39, 0.29) is 0 Å². The van der Waals surface area contributed by atoms with Gasteiger partial charge in [-0.25, -0.2) is 4.98 Å². The quantitative estimate of drug-likeness (QED) is 0.845. The molecule has 0 atom stereocenters. The highest BCUT2D eigenvalue weighted by Crippen LogP contribution is 2.20. The van der Waals surface area contributed by atoms with E-state index >= 15 is 0 Å². The lowest BCUT2D eigenvalue weighted by molar-refractivity contribution is 0.672. The lowest BCUT2D eigenvalue weighted by atomic mass is 10.3. The van der Waals surface area contributed by atoms with Gasteiger partial charge in [-0.2, -0.15) is 0 Å². The number of pyridine rings is 1. The number of hydrogen-bond acceptors (Lipinski definition) is 4. The van der Waals surface area contributed by atoms with Crippen LogP contribution in [0.3, 0.4) is 0 Å². The highest BCUT2D eigenvalue weighted by molar-refractivity contribution is 7.09. The number of aromatic nitrogens is 1. The molecule has 20 heavy (non-hydrogen) atoms. The van der Waals surface area contributed by atoms with Crippen LogP contribution in [-0.4, -0.2) is 17.6 Å². The van der Waals surface area contributed by atoms with E-state index in [1.165, 1.54) is 17.7 Å². The van der Waals surface area contributed by atoms with E-state index in [1.807, 2.05) is 0 Å². The van der Waals surface area contributed by atoms with Gasteiger partial charge in [0.25, 0.3) is 0 Å². The van der Waals surface area contributed by atoms with Crippen LogP contribution < -0.4 is 10.2 Å². The number of thiophene rings is 1. The monoisotopic (exact) mass is 287 g/mol. The summed E-state index contributed by atoms with van der Waals surface area (Å²) in [5, 5.41) is 5.66. The van der Waals surface area contributed by atoms with Crippen LogP contribution in [0.1, 0.15) is 30.3 Å². The Kier molecular flexibility index (Phi) is 4.33. The first-order chi connectivity index (χ1) is 9.85. The molecule has 0 saturated heterocycles. The van der Waals surface area contributed by atoms with Crippen molar-refractivity contribution in [1.29, 1.82) is 0 Å². The summed E-state index contributed by atoms with van der Waals surface area (Å²) in [6, 6.07) is 11.4. The molecule has 0 aromatic carbocycles. The number of hydrogen-bond donors (Lipinski definition) is 1. The maximum absolute atomic E-state index is 4.79. The third kappa shape index (κ3) is 3.58. The largest absolute Gasteiger partial charge is 0.352 e. The molecule has 1 aliphatic carbocycles. The molecule has 1 fully saturated rings. The number of anilines is 1. The summed E-state index contributed by atoms with van der Waals surface area (Å²) < 4.78 is 0. The number of nitrogens with zero attached hydrogens (tertiary/aromatic N) is 2. The summed E-state index contributed by atoms with van der Waals surface area (Å²) in [6.45, 7) is 4.99. The number of rotatable bonds is 7. The van der Waals surface area contributed by atoms with E-state index in [0.717, 1.165) is 37.2 Å². The minimum absolute atomic E-state index is 0.730. The SMILES string of the molecule is CCN(Cc1cccs1)c1cccc(CNC2CC2)n1. The van der Waals surface area contributed by atoms with Gasteiger partial charge in [0.1, 0.15) is 5.82 Å². The minimum Gasteiger partial charge on any atom is -0.352 e. The predicted octanol–water partition coefficient (Wildman–Crippen LogP) is 3.42. The molecule has 2 aromatic rings. The van der Waals surface area contributed by atoms with Crippen molar-refractivity contribution in [3.63, 3.8) is 0 Å². The Morgan fingerprint density at radius 3 is 2.90 bits per heavy atom. The molecule has 0 amide bonds. The van der Waals surface area contributed by atoms with Crippen LogP contribution in [0.4, 0.5) is 5.82 Å². The Bertz CT molecular complexity index is 534. The van der Waals surface area contributed by atoms with Gasteiger partial charge in [0.15, 0.2) is 0 Å².